The van der Waals surface area contributed by atoms with Crippen molar-refractivity contribution in [2.45, 2.75) is 0 Å². The number of halogens is 2. The van der Waals surface area contributed by atoms with E-state index in [9.17, 15) is 0 Å². The van der Waals surface area contributed by atoms with Crippen LogP contribution in [0.25, 0.3) is 0 Å². The molecule has 12 heavy (non-hydrogen) atoms. The maximum absolute atomic E-state index is 5.84. The van der Waals surface area contributed by atoms with E-state index in [1.54, 1.807) is 0 Å². The summed E-state index contributed by atoms with van der Waals surface area (Å²) in [4.78, 5) is 0. The van der Waals surface area contributed by atoms with Gasteiger partial charge in [-0.1, -0.05) is 11.6 Å². The lowest BCUT2D eigenvalue weighted by Crippen LogP contribution is -2.18. The summed E-state index contributed by atoms with van der Waals surface area (Å²) in [6.07, 6.45) is 0. The van der Waals surface area contributed by atoms with Crippen molar-refractivity contribution in [1.82, 2.24) is 0 Å². The van der Waals surface area contributed by atoms with E-state index in [4.69, 9.17) is 16.3 Å². The van der Waals surface area contributed by atoms with Crippen LogP contribution in [0.4, 0.5) is 5.69 Å². The molecule has 0 amide bonds. The molecule has 0 spiro atoms. The second kappa shape index (κ2) is 3.15. The average Bonchev–Trinajstić information content (AvgIpc) is 2.04. The van der Waals surface area contributed by atoms with E-state index in [-0.39, 0.29) is 0 Å². The van der Waals surface area contributed by atoms with Gasteiger partial charge in [0, 0.05) is 22.1 Å². The molecule has 0 aromatic heterocycles. The van der Waals surface area contributed by atoms with Crippen molar-refractivity contribution in [1.29, 1.82) is 0 Å². The van der Waals surface area contributed by atoms with E-state index in [1.165, 1.54) is 0 Å². The van der Waals surface area contributed by atoms with Gasteiger partial charge < -0.3 is 10.1 Å². The van der Waals surface area contributed by atoms with Crippen molar-refractivity contribution in [3.05, 3.63) is 21.6 Å². The summed E-state index contributed by atoms with van der Waals surface area (Å²) in [7, 11) is 0. The molecule has 4 heteroatoms. The van der Waals surface area contributed by atoms with Crippen LogP contribution in [-0.2, 0) is 0 Å². The quantitative estimate of drug-likeness (QED) is 0.762. The van der Waals surface area contributed by atoms with Gasteiger partial charge in [0.2, 0.25) is 0 Å². The molecule has 1 heterocycles. The third kappa shape index (κ3) is 1.39. The Labute approximate surface area is 84.0 Å². The van der Waals surface area contributed by atoms with Crippen molar-refractivity contribution in [3.8, 4) is 5.75 Å². The number of ether oxygens (including phenoxy) is 1. The van der Waals surface area contributed by atoms with E-state index in [0.717, 1.165) is 22.5 Å². The average molecular weight is 249 g/mol. The molecule has 1 aliphatic heterocycles. The molecule has 1 N–H and O–H groups in total. The Morgan fingerprint density at radius 1 is 1.50 bits per heavy atom. The Hall–Kier alpha value is -0.410. The summed E-state index contributed by atoms with van der Waals surface area (Å²) in [6, 6.07) is 3.66. The number of hydrogen-bond acceptors (Lipinski definition) is 2. The molecule has 0 fully saturated rings. The topological polar surface area (TPSA) is 21.3 Å². The Bertz CT molecular complexity index is 316. The van der Waals surface area contributed by atoms with Crippen LogP contribution < -0.4 is 10.1 Å². The first-order valence-electron chi connectivity index (χ1n) is 3.63. The highest BCUT2D eigenvalue weighted by molar-refractivity contribution is 9.10. The highest BCUT2D eigenvalue weighted by Gasteiger charge is 2.13. The number of anilines is 1. The van der Waals surface area contributed by atoms with Gasteiger partial charge >= 0.3 is 0 Å². The second-order valence-electron chi connectivity index (χ2n) is 2.54. The van der Waals surface area contributed by atoms with Gasteiger partial charge in [-0.3, -0.25) is 0 Å². The molecule has 2 nitrogen and oxygen atoms in total. The first kappa shape index (κ1) is 8.20. The second-order valence-corrected chi connectivity index (χ2v) is 3.83. The summed E-state index contributed by atoms with van der Waals surface area (Å²) in [6.45, 7) is 1.53. The zero-order chi connectivity index (χ0) is 8.55. The van der Waals surface area contributed by atoms with Crippen LogP contribution in [0.1, 0.15) is 0 Å². The van der Waals surface area contributed by atoms with Gasteiger partial charge in [0.15, 0.2) is 0 Å². The van der Waals surface area contributed by atoms with Gasteiger partial charge in [-0.15, -0.1) is 0 Å². The molecule has 0 saturated heterocycles. The largest absolute Gasteiger partial charge is 0.489 e. The molecule has 1 aromatic carbocycles. The van der Waals surface area contributed by atoms with Gasteiger partial charge in [0.1, 0.15) is 12.4 Å². The minimum absolute atomic E-state index is 0.685. The van der Waals surface area contributed by atoms with Gasteiger partial charge in [-0.05, 0) is 22.0 Å². The van der Waals surface area contributed by atoms with E-state index in [2.05, 4.69) is 21.2 Å². The molecule has 0 radical (unpaired) electrons. The monoisotopic (exact) mass is 247 g/mol. The smallest absolute Gasteiger partial charge is 0.145 e. The molecular weight excluding hydrogens is 241 g/mol. The Morgan fingerprint density at radius 2 is 2.33 bits per heavy atom. The number of nitrogens with one attached hydrogen (secondary N) is 1. The highest BCUT2D eigenvalue weighted by Crippen LogP contribution is 2.37. The fraction of sp³-hybridized carbons (Fsp3) is 0.250. The maximum atomic E-state index is 5.84. The van der Waals surface area contributed by atoms with Crippen LogP contribution in [0, 0.1) is 0 Å². The molecular formula is C8H7BrClNO. The molecule has 0 bridgehead atoms. The van der Waals surface area contributed by atoms with Crippen molar-refractivity contribution >= 4 is 33.2 Å². The molecule has 0 unspecified atom stereocenters. The lowest BCUT2D eigenvalue weighted by Gasteiger charge is -2.20. The Kier molecular flexibility index (Phi) is 2.15. The lowest BCUT2D eigenvalue weighted by atomic mass is 10.2. The zero-order valence-electron chi connectivity index (χ0n) is 6.23. The summed E-state index contributed by atoms with van der Waals surface area (Å²) in [5, 5.41) is 3.91. The van der Waals surface area contributed by atoms with Crippen LogP contribution in [0.3, 0.4) is 0 Å². The molecule has 0 saturated carbocycles. The van der Waals surface area contributed by atoms with Crippen LogP contribution in [0.5, 0.6) is 5.75 Å². The predicted molar refractivity (Wildman–Crippen MR) is 53.1 cm³/mol. The van der Waals surface area contributed by atoms with Crippen LogP contribution >= 0.6 is 27.5 Å². The summed E-state index contributed by atoms with van der Waals surface area (Å²) in [5.74, 6) is 0.820. The maximum Gasteiger partial charge on any atom is 0.145 e. The lowest BCUT2D eigenvalue weighted by molar-refractivity contribution is 0.323. The molecule has 0 aliphatic carbocycles. The number of fused-ring (bicyclic) bond motifs is 1. The fourth-order valence-electron chi connectivity index (χ4n) is 1.17. The minimum atomic E-state index is 0.685. The first-order valence-corrected chi connectivity index (χ1v) is 4.80. The zero-order valence-corrected chi connectivity index (χ0v) is 8.58. The number of rotatable bonds is 0. The molecule has 0 atom stereocenters. The van der Waals surface area contributed by atoms with Gasteiger partial charge in [-0.2, -0.15) is 0 Å². The van der Waals surface area contributed by atoms with Crippen LogP contribution in [-0.4, -0.2) is 13.2 Å². The fourth-order valence-corrected chi connectivity index (χ4v) is 2.09. The van der Waals surface area contributed by atoms with Gasteiger partial charge in [0.25, 0.3) is 0 Å². The molecule has 64 valence electrons. The molecule has 1 aliphatic rings. The van der Waals surface area contributed by atoms with Crippen molar-refractivity contribution in [3.63, 3.8) is 0 Å². The normalized spacial score (nSPS) is 14.5. The van der Waals surface area contributed by atoms with E-state index in [0.29, 0.717) is 11.6 Å². The van der Waals surface area contributed by atoms with Crippen molar-refractivity contribution < 1.29 is 4.74 Å². The number of hydrogen-bond donors (Lipinski definition) is 1. The van der Waals surface area contributed by atoms with Gasteiger partial charge in [-0.25, -0.2) is 0 Å². The summed E-state index contributed by atoms with van der Waals surface area (Å²) < 4.78 is 6.36. The van der Waals surface area contributed by atoms with Gasteiger partial charge in [0.05, 0.1) is 5.69 Å². The molecule has 2 rings (SSSR count). The van der Waals surface area contributed by atoms with E-state index < -0.39 is 0 Å². The Balaban J connectivity index is 2.53. The van der Waals surface area contributed by atoms with Crippen LogP contribution in [0.2, 0.25) is 5.02 Å². The van der Waals surface area contributed by atoms with Crippen LogP contribution in [0.15, 0.2) is 16.6 Å². The third-order valence-electron chi connectivity index (χ3n) is 1.68. The number of benzene rings is 1. The van der Waals surface area contributed by atoms with Crippen molar-refractivity contribution in [2.24, 2.45) is 0 Å². The molecule has 1 aromatic rings. The third-order valence-corrected chi connectivity index (χ3v) is 2.52. The van der Waals surface area contributed by atoms with E-state index in [1.807, 2.05) is 12.1 Å². The van der Waals surface area contributed by atoms with E-state index >= 15 is 0 Å². The highest BCUT2D eigenvalue weighted by atomic mass is 79.9. The minimum Gasteiger partial charge on any atom is -0.489 e. The summed E-state index contributed by atoms with van der Waals surface area (Å²) in [5.41, 5.74) is 0.991. The predicted octanol–water partition coefficient (Wildman–Crippen LogP) is 2.91. The SMILES string of the molecule is Clc1cc(Br)c2c(c1)OCCN2. The Morgan fingerprint density at radius 3 is 3.17 bits per heavy atom. The van der Waals surface area contributed by atoms with Crippen molar-refractivity contribution in [2.75, 3.05) is 18.5 Å². The summed E-state index contributed by atoms with van der Waals surface area (Å²) >= 11 is 9.25. The standard InChI is InChI=1S/C8H7BrClNO/c9-6-3-5(10)4-7-8(6)11-1-2-12-7/h3-4,11H,1-2H2. The first-order chi connectivity index (χ1) is 5.77.